The van der Waals surface area contributed by atoms with Crippen molar-refractivity contribution in [2.45, 2.75) is 59.5 Å². The van der Waals surface area contributed by atoms with Crippen LogP contribution in [0, 0.1) is 0 Å². The Hall–Kier alpha value is -3.66. The molecular formula is C31H35NO3. The first-order valence-corrected chi connectivity index (χ1v) is 12.4. The molecule has 3 aromatic rings. The van der Waals surface area contributed by atoms with Gasteiger partial charge in [-0.25, -0.2) is 0 Å². The average Bonchev–Trinajstić information content (AvgIpc) is 2.89. The molecule has 0 saturated carbocycles. The zero-order valence-corrected chi connectivity index (χ0v) is 21.1. The molecule has 0 radical (unpaired) electrons. The fraction of sp³-hybridized carbons (Fsp3) is 0.290. The summed E-state index contributed by atoms with van der Waals surface area (Å²) in [6.45, 7) is 8.44. The van der Waals surface area contributed by atoms with Crippen LogP contribution >= 0.6 is 0 Å². The molecule has 0 aliphatic carbocycles. The van der Waals surface area contributed by atoms with Gasteiger partial charge in [0.2, 0.25) is 0 Å². The number of ketones is 1. The third-order valence-corrected chi connectivity index (χ3v) is 6.22. The lowest BCUT2D eigenvalue weighted by Gasteiger charge is -2.16. The molecule has 4 nitrogen and oxygen atoms in total. The summed E-state index contributed by atoms with van der Waals surface area (Å²) in [5.41, 5.74) is 4.89. The maximum Gasteiger partial charge on any atom is 0.255 e. The number of allylic oxidation sites excluding steroid dienone is 1. The molecule has 0 aliphatic heterocycles. The number of rotatable bonds is 11. The highest BCUT2D eigenvalue weighted by atomic mass is 16.5. The topological polar surface area (TPSA) is 55.4 Å². The van der Waals surface area contributed by atoms with Crippen LogP contribution in [-0.4, -0.2) is 11.7 Å². The maximum atomic E-state index is 13.0. The van der Waals surface area contributed by atoms with Crippen molar-refractivity contribution in [3.63, 3.8) is 0 Å². The van der Waals surface area contributed by atoms with E-state index in [1.807, 2.05) is 92.7 Å². The number of carbonyl (C=O) groups is 2. The Balaban J connectivity index is 1.82. The van der Waals surface area contributed by atoms with E-state index in [0.717, 1.165) is 29.5 Å². The molecule has 1 N–H and O–H groups in total. The Bertz CT molecular complexity index is 1160. The second kappa shape index (κ2) is 12.7. The van der Waals surface area contributed by atoms with E-state index in [1.165, 1.54) is 0 Å². The Kier molecular flexibility index (Phi) is 9.42. The summed E-state index contributed by atoms with van der Waals surface area (Å²) in [5, 5.41) is 3.01. The van der Waals surface area contributed by atoms with Crippen LogP contribution in [-0.2, 0) is 16.1 Å². The van der Waals surface area contributed by atoms with Crippen LogP contribution in [0.3, 0.4) is 0 Å². The third-order valence-electron chi connectivity index (χ3n) is 6.22. The molecule has 35 heavy (non-hydrogen) atoms. The van der Waals surface area contributed by atoms with Crippen molar-refractivity contribution in [2.75, 3.05) is 5.32 Å². The second-order valence-electron chi connectivity index (χ2n) is 8.83. The number of amides is 1. The van der Waals surface area contributed by atoms with Gasteiger partial charge in [0.05, 0.1) is 0 Å². The zero-order chi connectivity index (χ0) is 25.2. The molecule has 0 fully saturated rings. The molecule has 3 rings (SSSR count). The predicted molar refractivity (Wildman–Crippen MR) is 143 cm³/mol. The summed E-state index contributed by atoms with van der Waals surface area (Å²) in [6.07, 6.45) is 2.23. The van der Waals surface area contributed by atoms with E-state index in [4.69, 9.17) is 4.74 Å². The van der Waals surface area contributed by atoms with Crippen LogP contribution < -0.4 is 5.32 Å². The van der Waals surface area contributed by atoms with E-state index < -0.39 is 0 Å². The molecule has 3 aromatic carbocycles. The largest absolute Gasteiger partial charge is 0.488 e. The van der Waals surface area contributed by atoms with Crippen LogP contribution in [0.5, 0.6) is 0 Å². The van der Waals surface area contributed by atoms with Crippen LogP contribution in [0.2, 0.25) is 0 Å². The van der Waals surface area contributed by atoms with E-state index in [0.29, 0.717) is 41.5 Å². The lowest BCUT2D eigenvalue weighted by atomic mass is 9.93. The summed E-state index contributed by atoms with van der Waals surface area (Å²) < 4.78 is 6.16. The van der Waals surface area contributed by atoms with Crippen LogP contribution in [0.1, 0.15) is 79.9 Å². The summed E-state index contributed by atoms with van der Waals surface area (Å²) >= 11 is 0. The molecular weight excluding hydrogens is 434 g/mol. The van der Waals surface area contributed by atoms with Crippen molar-refractivity contribution in [2.24, 2.45) is 0 Å². The quantitative estimate of drug-likeness (QED) is 0.230. The van der Waals surface area contributed by atoms with Crippen molar-refractivity contribution >= 4 is 23.1 Å². The molecule has 0 aliphatic rings. The number of carbonyl (C=O) groups excluding carboxylic acids is 2. The molecule has 0 spiro atoms. The van der Waals surface area contributed by atoms with Crippen molar-refractivity contribution in [3.8, 4) is 0 Å². The summed E-state index contributed by atoms with van der Waals surface area (Å²) in [5.74, 6) is 0.832. The number of nitrogens with one attached hydrogen (secondary N) is 1. The van der Waals surface area contributed by atoms with Crippen molar-refractivity contribution in [1.82, 2.24) is 0 Å². The Labute approximate surface area is 209 Å². The summed E-state index contributed by atoms with van der Waals surface area (Å²) in [4.78, 5) is 25.7. The minimum absolute atomic E-state index is 0.0783. The summed E-state index contributed by atoms with van der Waals surface area (Å²) in [6, 6.07) is 25.1. The van der Waals surface area contributed by atoms with Gasteiger partial charge in [-0.3, -0.25) is 9.59 Å². The van der Waals surface area contributed by atoms with Gasteiger partial charge in [0, 0.05) is 28.8 Å². The van der Waals surface area contributed by atoms with E-state index in [9.17, 15) is 9.59 Å². The van der Waals surface area contributed by atoms with Gasteiger partial charge in [0.1, 0.15) is 12.4 Å². The molecule has 0 saturated heterocycles. The van der Waals surface area contributed by atoms with Gasteiger partial charge in [-0.1, -0.05) is 69.3 Å². The summed E-state index contributed by atoms with van der Waals surface area (Å²) in [7, 11) is 0. The van der Waals surface area contributed by atoms with E-state index in [-0.39, 0.29) is 11.7 Å². The minimum Gasteiger partial charge on any atom is -0.488 e. The molecule has 1 atom stereocenters. The Morgan fingerprint density at radius 1 is 0.886 bits per heavy atom. The Morgan fingerprint density at radius 2 is 1.54 bits per heavy atom. The van der Waals surface area contributed by atoms with E-state index in [2.05, 4.69) is 19.2 Å². The standard InChI is InChI=1S/C31H35NO3/c1-5-12-29(33)23(4)30(35-21-24-13-8-7-9-14-24)25-17-19-26(20-18-25)32-31(34)28-16-11-10-15-27(28)22(3)6-2/h7-11,13-20,22H,5-6,12,21H2,1-4H3,(H,32,34)/b30-23+. The number of benzene rings is 3. The molecule has 0 aromatic heterocycles. The van der Waals surface area contributed by atoms with Gasteiger partial charge in [-0.05, 0) is 67.1 Å². The van der Waals surface area contributed by atoms with Crippen LogP contribution in [0.15, 0.2) is 84.4 Å². The number of Topliss-reactive ketones (excluding diaryl/α,β-unsaturated/α-hetero) is 1. The van der Waals surface area contributed by atoms with E-state index in [1.54, 1.807) is 0 Å². The van der Waals surface area contributed by atoms with Gasteiger partial charge in [-0.15, -0.1) is 0 Å². The molecule has 182 valence electrons. The lowest BCUT2D eigenvalue weighted by molar-refractivity contribution is -0.115. The fourth-order valence-corrected chi connectivity index (χ4v) is 3.94. The van der Waals surface area contributed by atoms with Crippen LogP contribution in [0.25, 0.3) is 5.76 Å². The highest BCUT2D eigenvalue weighted by Crippen LogP contribution is 2.26. The fourth-order valence-electron chi connectivity index (χ4n) is 3.94. The molecule has 1 unspecified atom stereocenters. The molecule has 4 heteroatoms. The Morgan fingerprint density at radius 3 is 2.20 bits per heavy atom. The smallest absolute Gasteiger partial charge is 0.255 e. The highest BCUT2D eigenvalue weighted by Gasteiger charge is 2.17. The van der Waals surface area contributed by atoms with E-state index >= 15 is 0 Å². The predicted octanol–water partition coefficient (Wildman–Crippen LogP) is 7.77. The first-order chi connectivity index (χ1) is 16.9. The van der Waals surface area contributed by atoms with Gasteiger partial charge in [0.15, 0.2) is 5.78 Å². The normalized spacial score (nSPS) is 12.5. The third kappa shape index (κ3) is 6.92. The van der Waals surface area contributed by atoms with Gasteiger partial charge in [-0.2, -0.15) is 0 Å². The zero-order valence-electron chi connectivity index (χ0n) is 21.1. The lowest BCUT2D eigenvalue weighted by Crippen LogP contribution is -2.15. The SMILES string of the molecule is CCCC(=O)/C(C)=C(/OCc1ccccc1)c1ccc(NC(=O)c2ccccc2C(C)CC)cc1. The minimum atomic E-state index is -0.126. The molecule has 0 heterocycles. The number of hydrogen-bond donors (Lipinski definition) is 1. The monoisotopic (exact) mass is 469 g/mol. The van der Waals surface area contributed by atoms with Crippen LogP contribution in [0.4, 0.5) is 5.69 Å². The first-order valence-electron chi connectivity index (χ1n) is 12.4. The molecule has 0 bridgehead atoms. The second-order valence-corrected chi connectivity index (χ2v) is 8.83. The molecule has 1 amide bonds. The van der Waals surface area contributed by atoms with Gasteiger partial charge >= 0.3 is 0 Å². The maximum absolute atomic E-state index is 13.0. The number of anilines is 1. The first kappa shape index (κ1) is 26.0. The average molecular weight is 470 g/mol. The van der Waals surface area contributed by atoms with Gasteiger partial charge < -0.3 is 10.1 Å². The number of hydrogen-bond acceptors (Lipinski definition) is 3. The highest BCUT2D eigenvalue weighted by molar-refractivity contribution is 6.05. The van der Waals surface area contributed by atoms with Crippen molar-refractivity contribution < 1.29 is 14.3 Å². The van der Waals surface area contributed by atoms with Crippen molar-refractivity contribution in [1.29, 1.82) is 0 Å². The van der Waals surface area contributed by atoms with Gasteiger partial charge in [0.25, 0.3) is 5.91 Å². The number of ether oxygens (including phenoxy) is 1. The van der Waals surface area contributed by atoms with Crippen molar-refractivity contribution in [3.05, 3.63) is 107 Å².